The summed E-state index contributed by atoms with van der Waals surface area (Å²) < 4.78 is 31.9. The fourth-order valence-electron chi connectivity index (χ4n) is 2.64. The Balaban J connectivity index is 1.55. The van der Waals surface area contributed by atoms with Gasteiger partial charge in [0.1, 0.15) is 17.2 Å². The van der Waals surface area contributed by atoms with E-state index in [0.717, 1.165) is 28.0 Å². The van der Waals surface area contributed by atoms with E-state index in [1.54, 1.807) is 23.9 Å². The lowest BCUT2D eigenvalue weighted by Crippen LogP contribution is -2.21. The van der Waals surface area contributed by atoms with Crippen LogP contribution in [0.25, 0.3) is 0 Å². The molecule has 154 valence electrons. The summed E-state index contributed by atoms with van der Waals surface area (Å²) in [5, 5.41) is 2.58. The topological polar surface area (TPSA) is 55.4 Å². The number of hydrogen-bond donors (Lipinski definition) is 1. The summed E-state index contributed by atoms with van der Waals surface area (Å²) in [7, 11) is 0. The smallest absolute Gasteiger partial charge is 0.344 e. The molecule has 1 amide bonds. The molecule has 3 aromatic rings. The van der Waals surface area contributed by atoms with E-state index >= 15 is 0 Å². The Hall–Kier alpha value is -3.19. The Bertz CT molecular complexity index is 1060. The van der Waals surface area contributed by atoms with Gasteiger partial charge in [-0.15, -0.1) is 0 Å². The molecule has 0 heterocycles. The molecule has 3 rings (SSSR count). The number of ether oxygens (including phenoxy) is 1. The molecule has 0 bridgehead atoms. The first-order valence-electron chi connectivity index (χ1n) is 9.09. The lowest BCUT2D eigenvalue weighted by molar-refractivity contribution is -0.119. The number of aryl methyl sites for hydroxylation is 2. The van der Waals surface area contributed by atoms with Gasteiger partial charge >= 0.3 is 5.97 Å². The molecule has 7 heteroatoms. The molecule has 0 aliphatic heterocycles. The summed E-state index contributed by atoms with van der Waals surface area (Å²) in [4.78, 5) is 26.0. The first kappa shape index (κ1) is 21.5. The number of anilines is 1. The highest BCUT2D eigenvalue weighted by Crippen LogP contribution is 2.31. The Labute approximate surface area is 177 Å². The third-order valence-electron chi connectivity index (χ3n) is 4.21. The SMILES string of the molecule is Cc1ccc(C)c(Sc2ccc(NC(=O)COC(=O)c3c(F)cccc3F)cc2)c1. The zero-order valence-corrected chi connectivity index (χ0v) is 17.2. The average Bonchev–Trinajstić information content (AvgIpc) is 2.70. The normalized spacial score (nSPS) is 10.5. The predicted molar refractivity (Wildman–Crippen MR) is 112 cm³/mol. The van der Waals surface area contributed by atoms with Gasteiger partial charge in [-0.25, -0.2) is 13.6 Å². The molecule has 0 radical (unpaired) electrons. The molecule has 0 saturated carbocycles. The fraction of sp³-hybridized carbons (Fsp3) is 0.130. The lowest BCUT2D eigenvalue weighted by atomic mass is 10.2. The average molecular weight is 427 g/mol. The molecule has 0 atom stereocenters. The van der Waals surface area contributed by atoms with Crippen LogP contribution in [-0.4, -0.2) is 18.5 Å². The number of hydrogen-bond acceptors (Lipinski definition) is 4. The second-order valence-corrected chi connectivity index (χ2v) is 7.73. The van der Waals surface area contributed by atoms with Crippen LogP contribution in [-0.2, 0) is 9.53 Å². The predicted octanol–water partition coefficient (Wildman–Crippen LogP) is 5.53. The molecule has 0 aromatic heterocycles. The number of halogens is 2. The summed E-state index contributed by atoms with van der Waals surface area (Å²) >= 11 is 1.62. The summed E-state index contributed by atoms with van der Waals surface area (Å²) in [5.41, 5.74) is 2.05. The molecule has 3 aromatic carbocycles. The second kappa shape index (κ2) is 9.54. The van der Waals surface area contributed by atoms with Crippen LogP contribution in [0.3, 0.4) is 0 Å². The zero-order chi connectivity index (χ0) is 21.7. The maximum atomic E-state index is 13.6. The van der Waals surface area contributed by atoms with E-state index in [-0.39, 0.29) is 0 Å². The summed E-state index contributed by atoms with van der Waals surface area (Å²) in [6.07, 6.45) is 0. The largest absolute Gasteiger partial charge is 0.452 e. The molecule has 0 unspecified atom stereocenters. The molecule has 0 fully saturated rings. The first-order valence-corrected chi connectivity index (χ1v) is 9.91. The lowest BCUT2D eigenvalue weighted by Gasteiger charge is -2.09. The van der Waals surface area contributed by atoms with Crippen LogP contribution in [0.2, 0.25) is 0 Å². The van der Waals surface area contributed by atoms with Gasteiger partial charge in [0, 0.05) is 15.5 Å². The van der Waals surface area contributed by atoms with E-state index in [4.69, 9.17) is 4.74 Å². The van der Waals surface area contributed by atoms with Gasteiger partial charge in [-0.3, -0.25) is 4.79 Å². The van der Waals surface area contributed by atoms with E-state index in [2.05, 4.69) is 23.5 Å². The van der Waals surface area contributed by atoms with Crippen molar-refractivity contribution in [2.24, 2.45) is 0 Å². The van der Waals surface area contributed by atoms with Gasteiger partial charge in [0.2, 0.25) is 0 Å². The minimum atomic E-state index is -1.24. The molecule has 0 saturated heterocycles. The molecule has 4 nitrogen and oxygen atoms in total. The van der Waals surface area contributed by atoms with E-state index in [9.17, 15) is 18.4 Å². The van der Waals surface area contributed by atoms with Crippen molar-refractivity contribution >= 4 is 29.3 Å². The molecule has 0 aliphatic rings. The number of benzene rings is 3. The summed E-state index contributed by atoms with van der Waals surface area (Å²) in [6.45, 7) is 3.42. The van der Waals surface area contributed by atoms with Crippen LogP contribution in [0.5, 0.6) is 0 Å². The van der Waals surface area contributed by atoms with Crippen molar-refractivity contribution in [3.8, 4) is 0 Å². The van der Waals surface area contributed by atoms with Gasteiger partial charge < -0.3 is 10.1 Å². The third-order valence-corrected chi connectivity index (χ3v) is 5.38. The second-order valence-electron chi connectivity index (χ2n) is 6.62. The fourth-order valence-corrected chi connectivity index (χ4v) is 3.64. The van der Waals surface area contributed by atoms with Crippen molar-refractivity contribution in [1.82, 2.24) is 0 Å². The number of esters is 1. The molecular weight excluding hydrogens is 408 g/mol. The number of amides is 1. The Morgan fingerprint density at radius 3 is 2.30 bits per heavy atom. The van der Waals surface area contributed by atoms with Crippen LogP contribution in [0, 0.1) is 25.5 Å². The van der Waals surface area contributed by atoms with Crippen molar-refractivity contribution in [2.75, 3.05) is 11.9 Å². The Morgan fingerprint density at radius 2 is 1.63 bits per heavy atom. The number of carbonyl (C=O) groups is 2. The van der Waals surface area contributed by atoms with E-state index < -0.39 is 35.7 Å². The Kier molecular flexibility index (Phi) is 6.84. The monoisotopic (exact) mass is 427 g/mol. The number of carbonyl (C=O) groups excluding carboxylic acids is 2. The van der Waals surface area contributed by atoms with Gasteiger partial charge in [-0.1, -0.05) is 30.0 Å². The minimum absolute atomic E-state index is 0.512. The van der Waals surface area contributed by atoms with Crippen LogP contribution in [0.4, 0.5) is 14.5 Å². The van der Waals surface area contributed by atoms with Crippen LogP contribution in [0.15, 0.2) is 70.5 Å². The van der Waals surface area contributed by atoms with Crippen molar-refractivity contribution < 1.29 is 23.1 Å². The summed E-state index contributed by atoms with van der Waals surface area (Å²) in [5.74, 6) is -3.94. The first-order chi connectivity index (χ1) is 14.3. The molecule has 0 aliphatic carbocycles. The third kappa shape index (κ3) is 5.45. The molecular formula is C23H19F2NO3S. The van der Waals surface area contributed by atoms with Crippen LogP contribution >= 0.6 is 11.8 Å². The highest BCUT2D eigenvalue weighted by atomic mass is 32.2. The van der Waals surface area contributed by atoms with E-state index in [1.165, 1.54) is 11.1 Å². The number of nitrogens with one attached hydrogen (secondary N) is 1. The van der Waals surface area contributed by atoms with Gasteiger partial charge in [-0.2, -0.15) is 0 Å². The number of rotatable bonds is 6. The van der Waals surface area contributed by atoms with E-state index in [0.29, 0.717) is 5.69 Å². The maximum absolute atomic E-state index is 13.6. The van der Waals surface area contributed by atoms with Crippen LogP contribution in [0.1, 0.15) is 21.5 Å². The van der Waals surface area contributed by atoms with Gasteiger partial charge in [-0.05, 0) is 67.4 Å². The highest BCUT2D eigenvalue weighted by molar-refractivity contribution is 7.99. The van der Waals surface area contributed by atoms with Gasteiger partial charge in [0.05, 0.1) is 0 Å². The minimum Gasteiger partial charge on any atom is -0.452 e. The molecule has 0 spiro atoms. The maximum Gasteiger partial charge on any atom is 0.344 e. The Morgan fingerprint density at radius 1 is 0.967 bits per heavy atom. The van der Waals surface area contributed by atoms with Crippen molar-refractivity contribution in [1.29, 1.82) is 0 Å². The highest BCUT2D eigenvalue weighted by Gasteiger charge is 2.19. The molecule has 1 N–H and O–H groups in total. The van der Waals surface area contributed by atoms with Crippen molar-refractivity contribution in [3.05, 3.63) is 89.0 Å². The molecule has 30 heavy (non-hydrogen) atoms. The standard InChI is InChI=1S/C23H19F2NO3S/c1-14-6-7-15(2)20(12-14)30-17-10-8-16(9-11-17)26-21(27)13-29-23(28)22-18(24)4-3-5-19(22)25/h3-12H,13H2,1-2H3,(H,26,27). The van der Waals surface area contributed by atoms with E-state index in [1.807, 2.05) is 26.0 Å². The van der Waals surface area contributed by atoms with Crippen molar-refractivity contribution in [3.63, 3.8) is 0 Å². The van der Waals surface area contributed by atoms with Crippen molar-refractivity contribution in [2.45, 2.75) is 23.6 Å². The van der Waals surface area contributed by atoms with Gasteiger partial charge in [0.25, 0.3) is 5.91 Å². The van der Waals surface area contributed by atoms with Gasteiger partial charge in [0.15, 0.2) is 6.61 Å². The summed E-state index contributed by atoms with van der Waals surface area (Å²) in [6, 6.07) is 16.4. The zero-order valence-electron chi connectivity index (χ0n) is 16.4. The van der Waals surface area contributed by atoms with Crippen LogP contribution < -0.4 is 5.32 Å². The quantitative estimate of drug-likeness (QED) is 0.526.